The lowest BCUT2D eigenvalue weighted by atomic mass is 9.76. The number of hydrogen-bond acceptors (Lipinski definition) is 8. The van der Waals surface area contributed by atoms with E-state index < -0.39 is 15.4 Å². The second-order valence-electron chi connectivity index (χ2n) is 11.2. The average Bonchev–Trinajstić information content (AvgIpc) is 3.63. The Hall–Kier alpha value is -3.49. The summed E-state index contributed by atoms with van der Waals surface area (Å²) in [5, 5.41) is 16.5. The Morgan fingerprint density at radius 2 is 1.73 bits per heavy atom. The van der Waals surface area contributed by atoms with E-state index in [1.165, 1.54) is 23.5 Å². The SMILES string of the molecule is N#CC1(NC(=O)C2CCCC[C@H]2c2nc(Nc3ccc(F)cc3)sc2-c2ccc(N3CCS(=O)(=O)CC3)cc2)CC1. The second-order valence-corrected chi connectivity index (χ2v) is 14.5. The molecule has 41 heavy (non-hydrogen) atoms. The molecule has 2 atom stereocenters. The van der Waals surface area contributed by atoms with Crippen molar-refractivity contribution in [3.8, 4) is 16.5 Å². The molecular formula is C30H32FN5O3S2. The summed E-state index contributed by atoms with van der Waals surface area (Å²) in [6.07, 6.45) is 4.89. The molecule has 214 valence electrons. The van der Waals surface area contributed by atoms with Crippen LogP contribution in [0.25, 0.3) is 10.4 Å². The lowest BCUT2D eigenvalue weighted by molar-refractivity contribution is -0.127. The fourth-order valence-corrected chi connectivity index (χ4v) is 8.05. The Labute approximate surface area is 243 Å². The Morgan fingerprint density at radius 3 is 2.39 bits per heavy atom. The highest BCUT2D eigenvalue weighted by molar-refractivity contribution is 7.91. The van der Waals surface area contributed by atoms with E-state index in [0.29, 0.717) is 31.1 Å². The van der Waals surface area contributed by atoms with E-state index in [1.807, 2.05) is 24.3 Å². The summed E-state index contributed by atoms with van der Waals surface area (Å²) in [6, 6.07) is 16.5. The molecule has 11 heteroatoms. The van der Waals surface area contributed by atoms with Gasteiger partial charge in [0.25, 0.3) is 0 Å². The van der Waals surface area contributed by atoms with Crippen LogP contribution < -0.4 is 15.5 Å². The van der Waals surface area contributed by atoms with Gasteiger partial charge in [0, 0.05) is 36.3 Å². The van der Waals surface area contributed by atoms with Crippen LogP contribution in [0.4, 0.5) is 20.9 Å². The van der Waals surface area contributed by atoms with Crippen molar-refractivity contribution in [3.63, 3.8) is 0 Å². The van der Waals surface area contributed by atoms with Gasteiger partial charge in [0.05, 0.1) is 28.1 Å². The fourth-order valence-electron chi connectivity index (χ4n) is 5.78. The number of nitrogens with zero attached hydrogens (tertiary/aromatic N) is 3. The minimum atomic E-state index is -2.97. The Bertz CT molecular complexity index is 1560. The standard InChI is InChI=1S/C30H32FN5O3S2/c31-21-7-9-22(10-8-21)33-29-34-26(24-3-1-2-4-25(24)28(37)35-30(19-32)13-14-30)27(40-29)20-5-11-23(12-6-20)36-15-17-41(38,39)18-16-36/h5-12,24-25H,1-4,13-18H2,(H,33,34)(H,35,37)/t24-,25?/m1/s1. The van der Waals surface area contributed by atoms with Gasteiger partial charge in [0.15, 0.2) is 15.0 Å². The van der Waals surface area contributed by atoms with Gasteiger partial charge in [-0.1, -0.05) is 36.3 Å². The van der Waals surface area contributed by atoms with Crippen LogP contribution in [0, 0.1) is 23.1 Å². The van der Waals surface area contributed by atoms with Gasteiger partial charge in [-0.25, -0.2) is 17.8 Å². The summed E-state index contributed by atoms with van der Waals surface area (Å²) >= 11 is 1.50. The molecule has 3 fully saturated rings. The number of nitrogens with one attached hydrogen (secondary N) is 2. The van der Waals surface area contributed by atoms with Crippen molar-refractivity contribution in [2.75, 3.05) is 34.8 Å². The van der Waals surface area contributed by atoms with Gasteiger partial charge in [0.2, 0.25) is 5.91 Å². The lowest BCUT2D eigenvalue weighted by Gasteiger charge is -2.31. The molecule has 8 nitrogen and oxygen atoms in total. The molecule has 1 aromatic heterocycles. The Morgan fingerprint density at radius 1 is 1.05 bits per heavy atom. The van der Waals surface area contributed by atoms with Crippen molar-refractivity contribution in [1.82, 2.24) is 10.3 Å². The van der Waals surface area contributed by atoms with Crippen LogP contribution in [-0.2, 0) is 14.6 Å². The number of thiazole rings is 1. The van der Waals surface area contributed by atoms with Crippen LogP contribution in [0.3, 0.4) is 0 Å². The molecule has 1 amide bonds. The van der Waals surface area contributed by atoms with Gasteiger partial charge in [-0.2, -0.15) is 5.26 Å². The third kappa shape index (κ3) is 6.09. The highest BCUT2D eigenvalue weighted by atomic mass is 32.2. The first kappa shape index (κ1) is 27.7. The second kappa shape index (κ2) is 11.1. The van der Waals surface area contributed by atoms with E-state index in [-0.39, 0.29) is 35.1 Å². The molecule has 2 aromatic carbocycles. The van der Waals surface area contributed by atoms with E-state index in [9.17, 15) is 22.9 Å². The monoisotopic (exact) mass is 593 g/mol. The first-order chi connectivity index (χ1) is 19.7. The average molecular weight is 594 g/mol. The van der Waals surface area contributed by atoms with E-state index >= 15 is 0 Å². The van der Waals surface area contributed by atoms with Crippen molar-refractivity contribution >= 4 is 43.6 Å². The fraction of sp³-hybridized carbons (Fsp3) is 0.433. The van der Waals surface area contributed by atoms with Crippen molar-refractivity contribution in [1.29, 1.82) is 5.26 Å². The van der Waals surface area contributed by atoms with Crippen LogP contribution in [0.5, 0.6) is 0 Å². The highest BCUT2D eigenvalue weighted by Crippen LogP contribution is 2.46. The maximum absolute atomic E-state index is 13.5. The first-order valence-electron chi connectivity index (χ1n) is 14.1. The molecule has 0 bridgehead atoms. The maximum Gasteiger partial charge on any atom is 0.225 e. The summed E-state index contributed by atoms with van der Waals surface area (Å²) in [7, 11) is -2.97. The summed E-state index contributed by atoms with van der Waals surface area (Å²) in [6.45, 7) is 0.949. The number of halogens is 1. The summed E-state index contributed by atoms with van der Waals surface area (Å²) in [5.41, 5.74) is 2.80. The minimum absolute atomic E-state index is 0.0730. The number of anilines is 3. The van der Waals surface area contributed by atoms with E-state index in [2.05, 4.69) is 21.6 Å². The van der Waals surface area contributed by atoms with Crippen LogP contribution in [0.15, 0.2) is 48.5 Å². The van der Waals surface area contributed by atoms with Crippen molar-refractivity contribution in [3.05, 3.63) is 60.0 Å². The van der Waals surface area contributed by atoms with E-state index in [4.69, 9.17) is 4.98 Å². The first-order valence-corrected chi connectivity index (χ1v) is 16.7. The van der Waals surface area contributed by atoms with Crippen molar-refractivity contribution in [2.24, 2.45) is 5.92 Å². The zero-order chi connectivity index (χ0) is 28.6. The molecule has 1 unspecified atom stereocenters. The number of amides is 1. The zero-order valence-corrected chi connectivity index (χ0v) is 24.2. The van der Waals surface area contributed by atoms with Gasteiger partial charge < -0.3 is 15.5 Å². The van der Waals surface area contributed by atoms with Crippen molar-refractivity contribution < 1.29 is 17.6 Å². The number of carbonyl (C=O) groups is 1. The van der Waals surface area contributed by atoms with E-state index in [1.54, 1.807) is 12.1 Å². The highest BCUT2D eigenvalue weighted by Gasteiger charge is 2.47. The lowest BCUT2D eigenvalue weighted by Crippen LogP contribution is -2.42. The topological polar surface area (TPSA) is 115 Å². The number of hydrogen-bond donors (Lipinski definition) is 2. The molecule has 2 N–H and O–H groups in total. The summed E-state index contributed by atoms with van der Waals surface area (Å²) in [4.78, 5) is 21.5. The summed E-state index contributed by atoms with van der Waals surface area (Å²) < 4.78 is 37.2. The van der Waals surface area contributed by atoms with Crippen LogP contribution in [0.1, 0.15) is 50.1 Å². The molecule has 2 saturated carbocycles. The predicted molar refractivity (Wildman–Crippen MR) is 159 cm³/mol. The van der Waals surface area contributed by atoms with Gasteiger partial charge in [-0.15, -0.1) is 0 Å². The molecule has 1 aliphatic heterocycles. The zero-order valence-electron chi connectivity index (χ0n) is 22.6. The number of benzene rings is 2. The van der Waals surface area contributed by atoms with Crippen LogP contribution in [0.2, 0.25) is 0 Å². The maximum atomic E-state index is 13.5. The number of carbonyl (C=O) groups excluding carboxylic acids is 1. The molecule has 0 radical (unpaired) electrons. The third-order valence-electron chi connectivity index (χ3n) is 8.37. The number of sulfone groups is 1. The predicted octanol–water partition coefficient (Wildman–Crippen LogP) is 5.37. The smallest absolute Gasteiger partial charge is 0.225 e. The number of rotatable bonds is 7. The van der Waals surface area contributed by atoms with Crippen LogP contribution in [-0.4, -0.2) is 49.4 Å². The molecule has 0 spiro atoms. The molecule has 6 rings (SSSR count). The largest absolute Gasteiger partial charge is 0.369 e. The molecule has 1 saturated heterocycles. The summed E-state index contributed by atoms with van der Waals surface area (Å²) in [5.74, 6) is -0.446. The Kier molecular flexibility index (Phi) is 7.47. The molecule has 3 aliphatic rings. The Balaban J connectivity index is 1.32. The van der Waals surface area contributed by atoms with E-state index in [0.717, 1.165) is 53.2 Å². The van der Waals surface area contributed by atoms with Crippen molar-refractivity contribution in [2.45, 2.75) is 50.0 Å². The molecule has 3 aromatic rings. The molecular weight excluding hydrogens is 561 g/mol. The normalized spacial score (nSPS) is 22.9. The minimum Gasteiger partial charge on any atom is -0.369 e. The molecule has 2 heterocycles. The quantitative estimate of drug-likeness (QED) is 0.378. The third-order valence-corrected chi connectivity index (χ3v) is 11.0. The number of aromatic nitrogens is 1. The van der Waals surface area contributed by atoms with Gasteiger partial charge >= 0.3 is 0 Å². The van der Waals surface area contributed by atoms with Gasteiger partial charge in [0.1, 0.15) is 11.4 Å². The molecule has 2 aliphatic carbocycles. The van der Waals surface area contributed by atoms with Gasteiger partial charge in [-0.3, -0.25) is 4.79 Å². The van der Waals surface area contributed by atoms with Crippen LogP contribution >= 0.6 is 11.3 Å². The van der Waals surface area contributed by atoms with Gasteiger partial charge in [-0.05, 0) is 67.6 Å². The number of nitriles is 1.